The van der Waals surface area contributed by atoms with Crippen LogP contribution in [-0.4, -0.2) is 52.1 Å². The van der Waals surface area contributed by atoms with Crippen LogP contribution in [0.1, 0.15) is 24.8 Å². The van der Waals surface area contributed by atoms with E-state index in [1.165, 1.54) is 5.56 Å². The molecule has 6 heteroatoms. The summed E-state index contributed by atoms with van der Waals surface area (Å²) in [7, 11) is 1.97. The minimum absolute atomic E-state index is 0.0518. The fourth-order valence-corrected chi connectivity index (χ4v) is 4.19. The molecule has 2 aliphatic heterocycles. The number of hydrogen-bond donors (Lipinski definition) is 0. The molecule has 2 aromatic heterocycles. The number of piperidine rings is 1. The quantitative estimate of drug-likeness (QED) is 0.834. The Balaban J connectivity index is 1.46. The molecule has 0 aliphatic carbocycles. The zero-order chi connectivity index (χ0) is 17.1. The van der Waals surface area contributed by atoms with Crippen LogP contribution < -0.4 is 4.74 Å². The van der Waals surface area contributed by atoms with Crippen molar-refractivity contribution in [3.63, 3.8) is 0 Å². The Morgan fingerprint density at radius 2 is 2.36 bits per heavy atom. The van der Waals surface area contributed by atoms with Crippen molar-refractivity contribution in [2.45, 2.75) is 31.9 Å². The Hall–Kier alpha value is -1.92. The van der Waals surface area contributed by atoms with Crippen molar-refractivity contribution >= 4 is 0 Å². The van der Waals surface area contributed by atoms with Gasteiger partial charge in [-0.15, -0.1) is 0 Å². The van der Waals surface area contributed by atoms with Gasteiger partial charge < -0.3 is 9.47 Å². The number of fused-ring (bicyclic) bond motifs is 1. The second-order valence-electron chi connectivity index (χ2n) is 7.30. The molecule has 4 heterocycles. The lowest BCUT2D eigenvalue weighted by Crippen LogP contribution is -2.57. The van der Waals surface area contributed by atoms with Crippen molar-refractivity contribution in [1.29, 1.82) is 0 Å². The summed E-state index contributed by atoms with van der Waals surface area (Å²) in [6, 6.07) is 5.80. The lowest BCUT2D eigenvalue weighted by Gasteiger charge is -2.50. The minimum Gasteiger partial charge on any atom is -0.477 e. The molecule has 0 unspecified atom stereocenters. The highest BCUT2D eigenvalue weighted by Crippen LogP contribution is 2.40. The average Bonchev–Trinajstić information content (AvgIpc) is 3.05. The van der Waals surface area contributed by atoms with Crippen LogP contribution in [0.2, 0.25) is 0 Å². The molecule has 0 spiro atoms. The Bertz CT molecular complexity index is 690. The van der Waals surface area contributed by atoms with E-state index in [2.05, 4.69) is 21.2 Å². The molecule has 134 valence electrons. The van der Waals surface area contributed by atoms with Gasteiger partial charge in [0.15, 0.2) is 0 Å². The summed E-state index contributed by atoms with van der Waals surface area (Å²) in [6.07, 6.45) is 9.43. The van der Waals surface area contributed by atoms with E-state index in [4.69, 9.17) is 9.47 Å². The first-order valence-corrected chi connectivity index (χ1v) is 9.09. The fraction of sp³-hybridized carbons (Fsp3) is 0.579. The van der Waals surface area contributed by atoms with E-state index in [9.17, 15) is 0 Å². The molecule has 0 amide bonds. The number of aromatic nitrogens is 3. The van der Waals surface area contributed by atoms with Gasteiger partial charge in [-0.05, 0) is 25.3 Å². The van der Waals surface area contributed by atoms with E-state index in [-0.39, 0.29) is 11.5 Å². The maximum Gasteiger partial charge on any atom is 0.213 e. The second-order valence-corrected chi connectivity index (χ2v) is 7.30. The van der Waals surface area contributed by atoms with Gasteiger partial charge in [0.05, 0.1) is 18.9 Å². The lowest BCUT2D eigenvalue weighted by molar-refractivity contribution is -0.141. The van der Waals surface area contributed by atoms with Crippen molar-refractivity contribution < 1.29 is 9.47 Å². The first-order chi connectivity index (χ1) is 12.2. The summed E-state index contributed by atoms with van der Waals surface area (Å²) < 4.78 is 14.1. The Morgan fingerprint density at radius 3 is 3.16 bits per heavy atom. The van der Waals surface area contributed by atoms with Gasteiger partial charge >= 0.3 is 0 Å². The lowest BCUT2D eigenvalue weighted by atomic mass is 9.73. The maximum atomic E-state index is 6.13. The third kappa shape index (κ3) is 3.70. The predicted octanol–water partition coefficient (Wildman–Crippen LogP) is 2.27. The van der Waals surface area contributed by atoms with Gasteiger partial charge in [-0.1, -0.05) is 6.07 Å². The number of ether oxygens (including phenoxy) is 2. The van der Waals surface area contributed by atoms with E-state index < -0.39 is 0 Å². The van der Waals surface area contributed by atoms with Crippen LogP contribution in [0.25, 0.3) is 0 Å². The normalized spacial score (nSPS) is 27.0. The number of likely N-dealkylation sites (tertiary alicyclic amines) is 1. The molecule has 6 nitrogen and oxygen atoms in total. The van der Waals surface area contributed by atoms with E-state index in [1.807, 2.05) is 36.1 Å². The maximum absolute atomic E-state index is 6.13. The molecule has 2 fully saturated rings. The third-order valence-corrected chi connectivity index (χ3v) is 5.38. The van der Waals surface area contributed by atoms with Crippen molar-refractivity contribution in [2.24, 2.45) is 12.5 Å². The first kappa shape index (κ1) is 16.5. The molecule has 0 radical (unpaired) electrons. The smallest absolute Gasteiger partial charge is 0.213 e. The molecule has 2 atom stereocenters. The molecular formula is C19H26N4O2. The third-order valence-electron chi connectivity index (χ3n) is 5.38. The highest BCUT2D eigenvalue weighted by Gasteiger charge is 2.46. The van der Waals surface area contributed by atoms with Crippen LogP contribution in [0.4, 0.5) is 0 Å². The number of pyridine rings is 1. The standard InChI is InChI=1S/C19H26N4O2/c1-22-12-16(11-21-22)13-23-9-6-17-19(14-23,7-4-10-24-17)15-25-18-5-2-3-8-20-18/h2-3,5,8,11-12,17H,4,6-7,9-10,13-15H2,1H3/t17-,19+/m0/s1. The summed E-state index contributed by atoms with van der Waals surface area (Å²) in [5.41, 5.74) is 1.31. The predicted molar refractivity (Wildman–Crippen MR) is 94.2 cm³/mol. The van der Waals surface area contributed by atoms with Gasteiger partial charge in [-0.3, -0.25) is 9.58 Å². The molecule has 2 aliphatic rings. The Labute approximate surface area is 148 Å². The van der Waals surface area contributed by atoms with E-state index >= 15 is 0 Å². The number of hydrogen-bond acceptors (Lipinski definition) is 5. The monoisotopic (exact) mass is 342 g/mol. The van der Waals surface area contributed by atoms with Crippen molar-refractivity contribution in [1.82, 2.24) is 19.7 Å². The SMILES string of the molecule is Cn1cc(CN2CC[C@@H]3OCCC[C@]3(COc3ccccn3)C2)cn1. The van der Waals surface area contributed by atoms with E-state index in [1.54, 1.807) is 6.20 Å². The second kappa shape index (κ2) is 7.14. The minimum atomic E-state index is 0.0518. The van der Waals surface area contributed by atoms with Crippen molar-refractivity contribution in [3.05, 3.63) is 42.4 Å². The average molecular weight is 342 g/mol. The summed E-state index contributed by atoms with van der Waals surface area (Å²) in [6.45, 7) is 4.53. The van der Waals surface area contributed by atoms with E-state index in [0.717, 1.165) is 45.5 Å². The van der Waals surface area contributed by atoms with Crippen LogP contribution in [0.15, 0.2) is 36.8 Å². The van der Waals surface area contributed by atoms with Crippen LogP contribution in [-0.2, 0) is 18.3 Å². The number of rotatable bonds is 5. The molecule has 25 heavy (non-hydrogen) atoms. The van der Waals surface area contributed by atoms with Gasteiger partial charge in [0.1, 0.15) is 0 Å². The van der Waals surface area contributed by atoms with Crippen LogP contribution in [0.3, 0.4) is 0 Å². The molecule has 4 rings (SSSR count). The van der Waals surface area contributed by atoms with Gasteiger partial charge in [0.2, 0.25) is 5.88 Å². The molecule has 2 saturated heterocycles. The molecular weight excluding hydrogens is 316 g/mol. The summed E-state index contributed by atoms with van der Waals surface area (Å²) in [4.78, 5) is 6.82. The number of nitrogens with zero attached hydrogens (tertiary/aromatic N) is 4. The van der Waals surface area contributed by atoms with Gasteiger partial charge in [-0.2, -0.15) is 5.10 Å². The van der Waals surface area contributed by atoms with Crippen molar-refractivity contribution in [2.75, 3.05) is 26.3 Å². The summed E-state index contributed by atoms with van der Waals surface area (Å²) >= 11 is 0. The zero-order valence-electron chi connectivity index (χ0n) is 14.8. The molecule has 0 bridgehead atoms. The van der Waals surface area contributed by atoms with E-state index in [0.29, 0.717) is 12.5 Å². The number of aryl methyl sites for hydroxylation is 1. The van der Waals surface area contributed by atoms with Gasteiger partial charge in [-0.25, -0.2) is 4.98 Å². The summed E-state index contributed by atoms with van der Waals surface area (Å²) in [5, 5.41) is 4.29. The van der Waals surface area contributed by atoms with Crippen LogP contribution in [0, 0.1) is 5.41 Å². The van der Waals surface area contributed by atoms with Crippen molar-refractivity contribution in [3.8, 4) is 5.88 Å². The largest absolute Gasteiger partial charge is 0.477 e. The van der Waals surface area contributed by atoms with Crippen LogP contribution in [0.5, 0.6) is 5.88 Å². The zero-order valence-corrected chi connectivity index (χ0v) is 14.8. The highest BCUT2D eigenvalue weighted by molar-refractivity contribution is 5.10. The molecule has 0 saturated carbocycles. The highest BCUT2D eigenvalue weighted by atomic mass is 16.5. The first-order valence-electron chi connectivity index (χ1n) is 9.09. The summed E-state index contributed by atoms with van der Waals surface area (Å²) in [5.74, 6) is 0.700. The molecule has 0 aromatic carbocycles. The fourth-order valence-electron chi connectivity index (χ4n) is 4.19. The molecule has 2 aromatic rings. The van der Waals surface area contributed by atoms with Gasteiger partial charge in [0.25, 0.3) is 0 Å². The Morgan fingerprint density at radius 1 is 1.40 bits per heavy atom. The topological polar surface area (TPSA) is 52.4 Å². The Kier molecular flexibility index (Phi) is 4.72. The molecule has 0 N–H and O–H groups in total. The van der Waals surface area contributed by atoms with Gasteiger partial charge in [0, 0.05) is 62.7 Å². The van der Waals surface area contributed by atoms with Crippen LogP contribution >= 0.6 is 0 Å².